The minimum absolute atomic E-state index is 0.0768. The Balaban J connectivity index is 1.94. The maximum Gasteiger partial charge on any atom is 0.174 e. The molecule has 0 saturated heterocycles. The summed E-state index contributed by atoms with van der Waals surface area (Å²) in [5.41, 5.74) is 1.20. The highest BCUT2D eigenvalue weighted by Gasteiger charge is 2.24. The Kier molecular flexibility index (Phi) is 7.38. The largest absolute Gasteiger partial charge is 0.479 e. The molecule has 1 fully saturated rings. The number of rotatable bonds is 8. The van der Waals surface area contributed by atoms with E-state index in [1.165, 1.54) is 37.7 Å². The van der Waals surface area contributed by atoms with Crippen molar-refractivity contribution in [1.29, 1.82) is 5.26 Å². The second-order valence-electron chi connectivity index (χ2n) is 6.42. The van der Waals surface area contributed by atoms with Gasteiger partial charge in [-0.25, -0.2) is 0 Å². The number of nitrogens with one attached hydrogen (secondary N) is 1. The van der Waals surface area contributed by atoms with E-state index in [1.807, 2.05) is 30.3 Å². The van der Waals surface area contributed by atoms with Crippen molar-refractivity contribution in [2.45, 2.75) is 57.5 Å². The summed E-state index contributed by atoms with van der Waals surface area (Å²) in [7, 11) is 0. The van der Waals surface area contributed by atoms with Crippen LogP contribution in [0.5, 0.6) is 5.75 Å². The zero-order chi connectivity index (χ0) is 16.5. The lowest BCUT2D eigenvalue weighted by Crippen LogP contribution is -2.39. The second kappa shape index (κ2) is 9.54. The Morgan fingerprint density at radius 2 is 1.96 bits per heavy atom. The zero-order valence-electron chi connectivity index (χ0n) is 14.0. The normalized spacial score (nSPS) is 18.1. The van der Waals surface area contributed by atoms with Gasteiger partial charge in [-0.3, -0.25) is 0 Å². The van der Waals surface area contributed by atoms with Gasteiger partial charge in [-0.15, -0.1) is 0 Å². The summed E-state index contributed by atoms with van der Waals surface area (Å²) in [6.07, 6.45) is 7.33. The Bertz CT molecular complexity index is 489. The van der Waals surface area contributed by atoms with Gasteiger partial charge >= 0.3 is 0 Å². The molecule has 1 aromatic rings. The van der Waals surface area contributed by atoms with Gasteiger partial charge in [-0.2, -0.15) is 5.26 Å². The molecule has 0 amide bonds. The van der Waals surface area contributed by atoms with Crippen LogP contribution in [0.3, 0.4) is 0 Å². The quantitative estimate of drug-likeness (QED) is 0.769. The molecule has 126 valence electrons. The fraction of sp³-hybridized carbons (Fsp3) is 0.632. The van der Waals surface area contributed by atoms with Crippen LogP contribution >= 0.6 is 0 Å². The van der Waals surface area contributed by atoms with Gasteiger partial charge in [-0.05, 0) is 49.8 Å². The van der Waals surface area contributed by atoms with E-state index in [0.29, 0.717) is 12.0 Å². The highest BCUT2D eigenvalue weighted by molar-refractivity contribution is 5.29. The van der Waals surface area contributed by atoms with E-state index in [0.717, 1.165) is 12.2 Å². The van der Waals surface area contributed by atoms with E-state index in [4.69, 9.17) is 10.00 Å². The summed E-state index contributed by atoms with van der Waals surface area (Å²) in [5, 5.41) is 21.6. The summed E-state index contributed by atoms with van der Waals surface area (Å²) in [5.74, 6) is 1.40. The number of nitrogens with zero attached hydrogens (tertiary/aromatic N) is 1. The molecule has 2 atom stereocenters. The van der Waals surface area contributed by atoms with Crippen molar-refractivity contribution >= 4 is 0 Å². The van der Waals surface area contributed by atoms with Crippen LogP contribution in [0.25, 0.3) is 0 Å². The number of hydrogen-bond donors (Lipinski definition) is 2. The van der Waals surface area contributed by atoms with Gasteiger partial charge < -0.3 is 15.2 Å². The number of aliphatic hydroxyl groups excluding tert-OH is 1. The molecule has 2 rings (SSSR count). The van der Waals surface area contributed by atoms with E-state index in [2.05, 4.69) is 12.2 Å². The molecule has 1 saturated carbocycles. The topological polar surface area (TPSA) is 65.3 Å². The lowest BCUT2D eigenvalue weighted by molar-refractivity contribution is 0.198. The fourth-order valence-electron chi connectivity index (χ4n) is 3.52. The van der Waals surface area contributed by atoms with Crippen LogP contribution in [0.15, 0.2) is 24.3 Å². The molecular formula is C19H28N2O2. The van der Waals surface area contributed by atoms with Gasteiger partial charge in [0.1, 0.15) is 11.8 Å². The third-order valence-corrected chi connectivity index (χ3v) is 4.81. The van der Waals surface area contributed by atoms with Crippen LogP contribution in [0.2, 0.25) is 0 Å². The predicted octanol–water partition coefficient (Wildman–Crippen LogP) is 3.57. The first kappa shape index (κ1) is 17.8. The van der Waals surface area contributed by atoms with Crippen LogP contribution < -0.4 is 10.1 Å². The van der Waals surface area contributed by atoms with Gasteiger partial charge in [0.2, 0.25) is 0 Å². The van der Waals surface area contributed by atoms with Crippen LogP contribution in [0, 0.1) is 17.2 Å². The minimum Gasteiger partial charge on any atom is -0.479 e. The summed E-state index contributed by atoms with van der Waals surface area (Å²) >= 11 is 0. The van der Waals surface area contributed by atoms with E-state index in [-0.39, 0.29) is 19.3 Å². The van der Waals surface area contributed by atoms with Gasteiger partial charge in [0.15, 0.2) is 6.61 Å². The Morgan fingerprint density at radius 1 is 1.26 bits per heavy atom. The molecular weight excluding hydrogens is 288 g/mol. The van der Waals surface area contributed by atoms with Crippen LogP contribution in [0.4, 0.5) is 0 Å². The molecule has 1 aliphatic rings. The Morgan fingerprint density at radius 3 is 2.57 bits per heavy atom. The molecule has 1 aromatic carbocycles. The van der Waals surface area contributed by atoms with Crippen LogP contribution in [0.1, 0.15) is 57.1 Å². The first-order chi connectivity index (χ1) is 11.2. The fourth-order valence-corrected chi connectivity index (χ4v) is 3.52. The van der Waals surface area contributed by atoms with Crippen molar-refractivity contribution in [3.8, 4) is 11.8 Å². The summed E-state index contributed by atoms with van der Waals surface area (Å²) in [6, 6.07) is 10.5. The summed E-state index contributed by atoms with van der Waals surface area (Å²) in [6.45, 7) is 2.48. The van der Waals surface area contributed by atoms with Crippen molar-refractivity contribution in [2.75, 3.05) is 13.2 Å². The number of ether oxygens (including phenoxy) is 1. The lowest BCUT2D eigenvalue weighted by Gasteiger charge is -2.33. The predicted molar refractivity (Wildman–Crippen MR) is 91.2 cm³/mol. The molecule has 1 aliphatic carbocycles. The first-order valence-electron chi connectivity index (χ1n) is 8.71. The monoisotopic (exact) mass is 316 g/mol. The van der Waals surface area contributed by atoms with E-state index in [1.54, 1.807) is 0 Å². The molecule has 4 heteroatoms. The lowest BCUT2D eigenvalue weighted by atomic mass is 9.82. The van der Waals surface area contributed by atoms with Crippen molar-refractivity contribution in [1.82, 2.24) is 5.32 Å². The average molecular weight is 316 g/mol. The molecule has 0 heterocycles. The number of benzene rings is 1. The van der Waals surface area contributed by atoms with E-state index < -0.39 is 0 Å². The Hall–Kier alpha value is -1.57. The van der Waals surface area contributed by atoms with Gasteiger partial charge in [0.05, 0.1) is 0 Å². The standard InChI is InChI=1S/C19H28N2O2/c1-15(16-7-9-18(10-8-16)23-14-12-20)21-19(11-13-22)17-5-3-2-4-6-17/h7-10,15,17,19,21-22H,2-6,11,13-14H2,1H3. The molecule has 0 radical (unpaired) electrons. The third kappa shape index (κ3) is 5.53. The smallest absolute Gasteiger partial charge is 0.174 e. The number of hydrogen-bond acceptors (Lipinski definition) is 4. The average Bonchev–Trinajstić information content (AvgIpc) is 2.60. The van der Waals surface area contributed by atoms with Crippen molar-refractivity contribution in [3.05, 3.63) is 29.8 Å². The molecule has 0 spiro atoms. The third-order valence-electron chi connectivity index (χ3n) is 4.81. The summed E-state index contributed by atoms with van der Waals surface area (Å²) < 4.78 is 5.29. The van der Waals surface area contributed by atoms with E-state index >= 15 is 0 Å². The van der Waals surface area contributed by atoms with Crippen LogP contribution in [-0.4, -0.2) is 24.4 Å². The van der Waals surface area contributed by atoms with Gasteiger partial charge in [0.25, 0.3) is 0 Å². The summed E-state index contributed by atoms with van der Waals surface area (Å²) in [4.78, 5) is 0. The van der Waals surface area contributed by atoms with Crippen molar-refractivity contribution in [2.24, 2.45) is 5.92 Å². The SMILES string of the molecule is CC(NC(CCO)C1CCCCC1)c1ccc(OCC#N)cc1. The molecule has 0 aliphatic heterocycles. The maximum atomic E-state index is 9.39. The molecule has 4 nitrogen and oxygen atoms in total. The number of aliphatic hydroxyl groups is 1. The second-order valence-corrected chi connectivity index (χ2v) is 6.42. The van der Waals surface area contributed by atoms with Crippen LogP contribution in [-0.2, 0) is 0 Å². The molecule has 23 heavy (non-hydrogen) atoms. The van der Waals surface area contributed by atoms with E-state index in [9.17, 15) is 5.11 Å². The molecule has 0 bridgehead atoms. The molecule has 2 unspecified atom stereocenters. The highest BCUT2D eigenvalue weighted by Crippen LogP contribution is 2.29. The highest BCUT2D eigenvalue weighted by atomic mass is 16.5. The molecule has 2 N–H and O–H groups in total. The Labute approximate surface area is 139 Å². The minimum atomic E-state index is 0.0768. The molecule has 0 aromatic heterocycles. The van der Waals surface area contributed by atoms with Crippen molar-refractivity contribution < 1.29 is 9.84 Å². The first-order valence-corrected chi connectivity index (χ1v) is 8.71. The van der Waals surface area contributed by atoms with Gasteiger partial charge in [0, 0.05) is 18.7 Å². The van der Waals surface area contributed by atoms with Crippen molar-refractivity contribution in [3.63, 3.8) is 0 Å². The maximum absolute atomic E-state index is 9.39. The number of nitriles is 1. The zero-order valence-corrected chi connectivity index (χ0v) is 14.0. The van der Waals surface area contributed by atoms with Gasteiger partial charge in [-0.1, -0.05) is 31.4 Å².